The van der Waals surface area contributed by atoms with Gasteiger partial charge in [0.25, 0.3) is 0 Å². The van der Waals surface area contributed by atoms with Crippen LogP contribution in [0.15, 0.2) is 54.0 Å². The maximum absolute atomic E-state index is 15.1. The summed E-state index contributed by atoms with van der Waals surface area (Å²) in [5, 5.41) is 9.35. The summed E-state index contributed by atoms with van der Waals surface area (Å²) in [5.74, 6) is -2.79. The molecule has 1 saturated heterocycles. The maximum Gasteiger partial charge on any atom is 0.323 e. The zero-order valence-corrected chi connectivity index (χ0v) is 18.8. The average Bonchev–Trinajstić information content (AvgIpc) is 3.54. The van der Waals surface area contributed by atoms with Crippen molar-refractivity contribution in [2.75, 3.05) is 48.4 Å². The van der Waals surface area contributed by atoms with Crippen LogP contribution in [0.25, 0.3) is 11.1 Å². The number of hydrogen-bond acceptors (Lipinski definition) is 7. The first-order chi connectivity index (χ1) is 16.9. The van der Waals surface area contributed by atoms with Crippen LogP contribution in [0.4, 0.5) is 35.3 Å². The van der Waals surface area contributed by atoms with Crippen LogP contribution in [0.3, 0.4) is 0 Å². The van der Waals surface area contributed by atoms with Gasteiger partial charge in [0.1, 0.15) is 17.9 Å². The maximum atomic E-state index is 15.1. The standard InChI is InChI=1S/C23H23F3N6O3/c1-3-31(13-15(34-2)12-28-18-6-9-35-30-18)17-10-16(24)20(22(26)21(17)25)14-4-5-19(29-11-14)32-8-7-27-23(32)33/h3-6,9-11,15H,1,7-8,12-13H2,2H3,(H,27,33)(H,28,30)/t15-/m0/s1. The molecular weight excluding hydrogens is 465 g/mol. The number of aromatic nitrogens is 2. The lowest BCUT2D eigenvalue weighted by Crippen LogP contribution is -2.35. The Hall–Kier alpha value is -4.06. The number of urea groups is 1. The van der Waals surface area contributed by atoms with Gasteiger partial charge in [-0.25, -0.2) is 22.9 Å². The van der Waals surface area contributed by atoms with Crippen molar-refractivity contribution in [3.05, 3.63) is 67.0 Å². The molecule has 3 aromatic rings. The molecule has 1 fully saturated rings. The summed E-state index contributed by atoms with van der Waals surface area (Å²) in [7, 11) is 1.46. The number of methoxy groups -OCH3 is 1. The van der Waals surface area contributed by atoms with E-state index in [0.29, 0.717) is 24.7 Å². The van der Waals surface area contributed by atoms with E-state index in [9.17, 15) is 4.79 Å². The van der Waals surface area contributed by atoms with Crippen molar-refractivity contribution in [3.8, 4) is 11.1 Å². The molecule has 0 unspecified atom stereocenters. The monoisotopic (exact) mass is 488 g/mol. The highest BCUT2D eigenvalue weighted by Crippen LogP contribution is 2.34. The zero-order chi connectivity index (χ0) is 24.9. The Morgan fingerprint density at radius 2 is 2.17 bits per heavy atom. The van der Waals surface area contributed by atoms with Crippen molar-refractivity contribution < 1.29 is 27.2 Å². The van der Waals surface area contributed by atoms with E-state index in [-0.39, 0.29) is 30.4 Å². The molecule has 2 amide bonds. The molecule has 0 radical (unpaired) electrons. The highest BCUT2D eigenvalue weighted by molar-refractivity contribution is 5.93. The van der Waals surface area contributed by atoms with E-state index in [4.69, 9.17) is 9.26 Å². The van der Waals surface area contributed by atoms with E-state index in [1.807, 2.05) is 0 Å². The molecule has 1 aliphatic heterocycles. The Bertz CT molecular complexity index is 1190. The third kappa shape index (κ3) is 5.06. The van der Waals surface area contributed by atoms with Gasteiger partial charge >= 0.3 is 6.03 Å². The fourth-order valence-corrected chi connectivity index (χ4v) is 3.68. The second-order valence-corrected chi connectivity index (χ2v) is 7.63. The summed E-state index contributed by atoms with van der Waals surface area (Å²) >= 11 is 0. The first-order valence-electron chi connectivity index (χ1n) is 10.7. The van der Waals surface area contributed by atoms with Gasteiger partial charge in [0, 0.05) is 50.6 Å². The Labute approximate surface area is 199 Å². The highest BCUT2D eigenvalue weighted by Gasteiger charge is 2.26. The van der Waals surface area contributed by atoms with Crippen LogP contribution in [0.5, 0.6) is 0 Å². The Morgan fingerprint density at radius 1 is 1.34 bits per heavy atom. The first-order valence-corrected chi connectivity index (χ1v) is 10.7. The van der Waals surface area contributed by atoms with E-state index in [1.54, 1.807) is 6.07 Å². The zero-order valence-electron chi connectivity index (χ0n) is 18.8. The van der Waals surface area contributed by atoms with E-state index < -0.39 is 29.1 Å². The molecule has 2 N–H and O–H groups in total. The van der Waals surface area contributed by atoms with Gasteiger partial charge in [-0.05, 0) is 18.3 Å². The third-order valence-electron chi connectivity index (χ3n) is 5.52. The number of ether oxygens (including phenoxy) is 1. The summed E-state index contributed by atoms with van der Waals surface area (Å²) in [6.45, 7) is 4.84. The number of nitrogens with one attached hydrogen (secondary N) is 2. The summed E-state index contributed by atoms with van der Waals surface area (Å²) in [6, 6.07) is 5.04. The highest BCUT2D eigenvalue weighted by atomic mass is 19.2. The van der Waals surface area contributed by atoms with Gasteiger partial charge in [-0.15, -0.1) is 0 Å². The van der Waals surface area contributed by atoms with Gasteiger partial charge in [0.2, 0.25) is 0 Å². The van der Waals surface area contributed by atoms with Crippen molar-refractivity contribution in [3.63, 3.8) is 0 Å². The van der Waals surface area contributed by atoms with Crippen molar-refractivity contribution in [2.24, 2.45) is 0 Å². The number of anilines is 3. The quantitative estimate of drug-likeness (QED) is 0.420. The minimum absolute atomic E-state index is 0.0329. The predicted octanol–water partition coefficient (Wildman–Crippen LogP) is 3.76. The van der Waals surface area contributed by atoms with E-state index in [0.717, 1.165) is 6.07 Å². The largest absolute Gasteiger partial charge is 0.378 e. The van der Waals surface area contributed by atoms with Gasteiger partial charge in [-0.2, -0.15) is 0 Å². The van der Waals surface area contributed by atoms with Gasteiger partial charge in [0.05, 0.1) is 23.9 Å². The van der Waals surface area contributed by atoms with Crippen molar-refractivity contribution in [1.82, 2.24) is 15.5 Å². The summed E-state index contributed by atoms with van der Waals surface area (Å²) in [5.41, 5.74) is -0.859. The number of pyridine rings is 1. The third-order valence-corrected chi connectivity index (χ3v) is 5.52. The van der Waals surface area contributed by atoms with E-state index >= 15 is 13.2 Å². The van der Waals surface area contributed by atoms with Crippen molar-refractivity contribution in [1.29, 1.82) is 0 Å². The van der Waals surface area contributed by atoms with Gasteiger partial charge < -0.3 is 24.8 Å². The molecule has 2 aromatic heterocycles. The number of benzene rings is 1. The molecule has 0 spiro atoms. The normalized spacial score (nSPS) is 14.1. The van der Waals surface area contributed by atoms with Gasteiger partial charge in [-0.1, -0.05) is 11.7 Å². The Kier molecular flexibility index (Phi) is 7.20. The van der Waals surface area contributed by atoms with Crippen LogP contribution in [0.2, 0.25) is 0 Å². The molecule has 0 bridgehead atoms. The topological polar surface area (TPSA) is 95.8 Å². The van der Waals surface area contributed by atoms with Crippen LogP contribution >= 0.6 is 0 Å². The molecule has 0 saturated carbocycles. The minimum atomic E-state index is -1.37. The summed E-state index contributed by atoms with van der Waals surface area (Å²) in [6.07, 6.45) is 3.35. The molecule has 1 atom stereocenters. The molecule has 4 rings (SSSR count). The van der Waals surface area contributed by atoms with Crippen LogP contribution in [-0.2, 0) is 4.74 Å². The number of hydrogen-bond donors (Lipinski definition) is 2. The fraction of sp³-hybridized carbons (Fsp3) is 0.261. The molecule has 3 heterocycles. The number of carbonyl (C=O) groups is 1. The molecule has 184 valence electrons. The van der Waals surface area contributed by atoms with Crippen LogP contribution in [0, 0.1) is 17.5 Å². The predicted molar refractivity (Wildman–Crippen MR) is 124 cm³/mol. The van der Waals surface area contributed by atoms with Crippen LogP contribution in [0.1, 0.15) is 0 Å². The lowest BCUT2D eigenvalue weighted by atomic mass is 10.0. The Morgan fingerprint density at radius 3 is 2.77 bits per heavy atom. The average molecular weight is 488 g/mol. The minimum Gasteiger partial charge on any atom is -0.378 e. The van der Waals surface area contributed by atoms with E-state index in [2.05, 4.69) is 27.4 Å². The second kappa shape index (κ2) is 10.5. The fourth-order valence-electron chi connectivity index (χ4n) is 3.68. The van der Waals surface area contributed by atoms with Crippen molar-refractivity contribution in [2.45, 2.75) is 6.10 Å². The summed E-state index contributed by atoms with van der Waals surface area (Å²) in [4.78, 5) is 18.6. The smallest absolute Gasteiger partial charge is 0.323 e. The number of amides is 2. The van der Waals surface area contributed by atoms with Crippen LogP contribution in [-0.4, -0.2) is 55.6 Å². The molecule has 12 heteroatoms. The molecular formula is C23H23F3N6O3. The number of rotatable bonds is 10. The van der Waals surface area contributed by atoms with Crippen molar-refractivity contribution >= 4 is 23.4 Å². The lowest BCUT2D eigenvalue weighted by molar-refractivity contribution is 0.119. The van der Waals surface area contributed by atoms with Crippen LogP contribution < -0.4 is 20.4 Å². The molecule has 0 aliphatic carbocycles. The molecule has 35 heavy (non-hydrogen) atoms. The first kappa shape index (κ1) is 24.1. The summed E-state index contributed by atoms with van der Waals surface area (Å²) < 4.78 is 55.4. The number of nitrogens with zero attached hydrogens (tertiary/aromatic N) is 4. The number of carbonyl (C=O) groups excluding carboxylic acids is 1. The van der Waals surface area contributed by atoms with Gasteiger partial charge in [0.15, 0.2) is 17.5 Å². The Balaban J connectivity index is 1.55. The van der Waals surface area contributed by atoms with E-state index in [1.165, 1.54) is 47.7 Å². The lowest BCUT2D eigenvalue weighted by Gasteiger charge is -2.26. The molecule has 1 aromatic carbocycles. The SMILES string of the molecule is C=CN(C[C@H](CNc1ccon1)OC)c1cc(F)c(-c2ccc(N3CCNC3=O)nc2)c(F)c1F. The second-order valence-electron chi connectivity index (χ2n) is 7.63. The molecule has 9 nitrogen and oxygen atoms in total. The molecule has 1 aliphatic rings. The number of halogens is 3. The van der Waals surface area contributed by atoms with Gasteiger partial charge in [-0.3, -0.25) is 4.90 Å².